The highest BCUT2D eigenvalue weighted by atomic mass is 16.5. The van der Waals surface area contributed by atoms with Crippen molar-refractivity contribution in [3.8, 4) is 5.75 Å². The first kappa shape index (κ1) is 26.5. The van der Waals surface area contributed by atoms with E-state index >= 15 is 0 Å². The molecule has 152 valence electrons. The van der Waals surface area contributed by atoms with E-state index in [1.165, 1.54) is 24.3 Å². The summed E-state index contributed by atoms with van der Waals surface area (Å²) in [6, 6.07) is 6.01. The average Bonchev–Trinajstić information content (AvgIpc) is 2.66. The van der Waals surface area contributed by atoms with Crippen LogP contribution in [0.5, 0.6) is 5.75 Å². The molecule has 0 amide bonds. The Labute approximate surface area is 152 Å². The third kappa shape index (κ3) is 15.8. The van der Waals surface area contributed by atoms with Crippen molar-refractivity contribution in [3.63, 3.8) is 0 Å². The van der Waals surface area contributed by atoms with E-state index in [0.29, 0.717) is 18.1 Å². The monoisotopic (exact) mass is 378 g/mol. The molecule has 0 fully saturated rings. The molecular formula is C17H30O9. The molecule has 0 atom stereocenters. The van der Waals surface area contributed by atoms with Crippen molar-refractivity contribution >= 4 is 5.97 Å². The normalized spacial score (nSPS) is 10.1. The maximum Gasteiger partial charge on any atom is 0.338 e. The third-order valence-corrected chi connectivity index (χ3v) is 2.49. The van der Waals surface area contributed by atoms with Crippen LogP contribution in [-0.4, -0.2) is 87.0 Å². The summed E-state index contributed by atoms with van der Waals surface area (Å²) < 4.78 is 5.01. The fourth-order valence-electron chi connectivity index (χ4n) is 1.04. The van der Waals surface area contributed by atoms with Crippen molar-refractivity contribution in [1.29, 1.82) is 0 Å². The van der Waals surface area contributed by atoms with Crippen molar-refractivity contribution in [2.24, 2.45) is 5.92 Å². The first-order valence-corrected chi connectivity index (χ1v) is 7.97. The Morgan fingerprint density at radius 1 is 0.885 bits per heavy atom. The quantitative estimate of drug-likeness (QED) is 0.290. The second-order valence-corrected chi connectivity index (χ2v) is 5.58. The zero-order valence-corrected chi connectivity index (χ0v) is 15.0. The number of aromatic hydroxyl groups is 1. The lowest BCUT2D eigenvalue weighted by atomic mass is 10.2. The fraction of sp³-hybridized carbons (Fsp3) is 0.588. The molecule has 0 aliphatic carbocycles. The van der Waals surface area contributed by atoms with Crippen molar-refractivity contribution in [3.05, 3.63) is 29.8 Å². The van der Waals surface area contributed by atoms with Gasteiger partial charge in [0, 0.05) is 0 Å². The number of esters is 1. The lowest BCUT2D eigenvalue weighted by Gasteiger charge is -2.06. The van der Waals surface area contributed by atoms with Crippen LogP contribution in [0.2, 0.25) is 0 Å². The number of hydrogen-bond acceptors (Lipinski definition) is 9. The van der Waals surface area contributed by atoms with Crippen LogP contribution < -0.4 is 0 Å². The van der Waals surface area contributed by atoms with E-state index in [4.69, 9.17) is 40.5 Å². The number of benzene rings is 1. The van der Waals surface area contributed by atoms with Gasteiger partial charge >= 0.3 is 5.97 Å². The van der Waals surface area contributed by atoms with Gasteiger partial charge in [-0.05, 0) is 30.2 Å². The van der Waals surface area contributed by atoms with E-state index in [1.807, 2.05) is 13.8 Å². The van der Waals surface area contributed by atoms with Gasteiger partial charge in [-0.25, -0.2) is 4.79 Å². The minimum Gasteiger partial charge on any atom is -0.508 e. The third-order valence-electron chi connectivity index (χ3n) is 2.49. The Kier molecular flexibility index (Phi) is 17.0. The molecule has 0 spiro atoms. The predicted molar refractivity (Wildman–Crippen MR) is 93.6 cm³/mol. The highest BCUT2D eigenvalue weighted by Gasteiger charge is 2.07. The highest BCUT2D eigenvalue weighted by Crippen LogP contribution is 2.10. The van der Waals surface area contributed by atoms with Crippen molar-refractivity contribution in [2.45, 2.75) is 26.1 Å². The standard InChI is InChI=1S/C11H14O3.2C3H8O3/c1-8(2)7-14-11(13)9-3-5-10(12)6-4-9;2*4-1-3(6)2-5/h3-6,8,12H,7H2,1-2H3;2*3-6H,1-2H2. The Morgan fingerprint density at radius 2 is 1.27 bits per heavy atom. The molecule has 0 aliphatic heterocycles. The molecule has 0 heterocycles. The maximum absolute atomic E-state index is 11.4. The van der Waals surface area contributed by atoms with Gasteiger partial charge in [-0.3, -0.25) is 0 Å². The van der Waals surface area contributed by atoms with E-state index in [2.05, 4.69) is 0 Å². The van der Waals surface area contributed by atoms with Crippen LogP contribution in [-0.2, 0) is 4.74 Å². The second kappa shape index (κ2) is 16.7. The Bertz CT molecular complexity index is 430. The minimum atomic E-state index is -0.954. The van der Waals surface area contributed by atoms with Gasteiger partial charge in [0.05, 0.1) is 38.6 Å². The van der Waals surface area contributed by atoms with Gasteiger partial charge in [-0.15, -0.1) is 0 Å². The van der Waals surface area contributed by atoms with Crippen LogP contribution in [0.25, 0.3) is 0 Å². The molecule has 26 heavy (non-hydrogen) atoms. The van der Waals surface area contributed by atoms with E-state index < -0.39 is 12.2 Å². The maximum atomic E-state index is 11.4. The first-order valence-electron chi connectivity index (χ1n) is 7.97. The van der Waals surface area contributed by atoms with Crippen LogP contribution in [0.3, 0.4) is 0 Å². The van der Waals surface area contributed by atoms with Crippen LogP contribution in [0, 0.1) is 5.92 Å². The zero-order chi connectivity index (χ0) is 20.5. The molecule has 9 heteroatoms. The fourth-order valence-corrected chi connectivity index (χ4v) is 1.04. The zero-order valence-electron chi connectivity index (χ0n) is 15.0. The summed E-state index contributed by atoms with van der Waals surface area (Å²) in [6.07, 6.45) is -1.91. The molecule has 0 unspecified atom stereocenters. The first-order chi connectivity index (χ1) is 12.2. The topological polar surface area (TPSA) is 168 Å². The number of ether oxygens (including phenoxy) is 1. The molecule has 1 aromatic rings. The molecule has 9 nitrogen and oxygen atoms in total. The number of rotatable bonds is 7. The van der Waals surface area contributed by atoms with E-state index in [9.17, 15) is 4.79 Å². The highest BCUT2D eigenvalue weighted by molar-refractivity contribution is 5.89. The summed E-state index contributed by atoms with van der Waals surface area (Å²) in [7, 11) is 0. The van der Waals surface area contributed by atoms with Gasteiger partial charge in [0.2, 0.25) is 0 Å². The summed E-state index contributed by atoms with van der Waals surface area (Å²) in [5.74, 6) is 0.125. The summed E-state index contributed by atoms with van der Waals surface area (Å²) in [4.78, 5) is 11.4. The Morgan fingerprint density at radius 3 is 1.54 bits per heavy atom. The number of phenols is 1. The number of carbonyl (C=O) groups excluding carboxylic acids is 1. The molecule has 7 N–H and O–H groups in total. The average molecular weight is 378 g/mol. The second-order valence-electron chi connectivity index (χ2n) is 5.58. The number of carbonyl (C=O) groups is 1. The molecular weight excluding hydrogens is 348 g/mol. The smallest absolute Gasteiger partial charge is 0.338 e. The predicted octanol–water partition coefficient (Wildman–Crippen LogP) is -1.13. The molecule has 0 radical (unpaired) electrons. The van der Waals surface area contributed by atoms with E-state index in [-0.39, 0.29) is 38.1 Å². The van der Waals surface area contributed by atoms with Gasteiger partial charge in [0.1, 0.15) is 18.0 Å². The lowest BCUT2D eigenvalue weighted by Crippen LogP contribution is -2.15. The van der Waals surface area contributed by atoms with Gasteiger partial charge in [0.25, 0.3) is 0 Å². The Hall–Kier alpha value is -1.75. The van der Waals surface area contributed by atoms with Gasteiger partial charge in [-0.2, -0.15) is 0 Å². The van der Waals surface area contributed by atoms with Gasteiger partial charge in [-0.1, -0.05) is 13.8 Å². The van der Waals surface area contributed by atoms with E-state index in [0.717, 1.165) is 0 Å². The lowest BCUT2D eigenvalue weighted by molar-refractivity contribution is 0.0450. The molecule has 0 aromatic heterocycles. The summed E-state index contributed by atoms with van der Waals surface area (Å²) in [5, 5.41) is 57.0. The molecule has 0 bridgehead atoms. The van der Waals surface area contributed by atoms with Crippen molar-refractivity contribution < 1.29 is 45.3 Å². The van der Waals surface area contributed by atoms with Crippen molar-refractivity contribution in [2.75, 3.05) is 33.0 Å². The molecule has 0 aliphatic rings. The molecule has 0 saturated heterocycles. The van der Waals surface area contributed by atoms with Gasteiger partial charge < -0.3 is 40.5 Å². The number of phenolic OH excluding ortho intramolecular Hbond substituents is 1. The van der Waals surface area contributed by atoms with Crippen LogP contribution in [0.4, 0.5) is 0 Å². The largest absolute Gasteiger partial charge is 0.508 e. The molecule has 0 saturated carbocycles. The number of aliphatic hydroxyl groups excluding tert-OH is 6. The summed E-state index contributed by atoms with van der Waals surface area (Å²) in [6.45, 7) is 2.91. The van der Waals surface area contributed by atoms with Crippen molar-refractivity contribution in [1.82, 2.24) is 0 Å². The molecule has 1 aromatic carbocycles. The Balaban J connectivity index is 0. The number of hydrogen-bond donors (Lipinski definition) is 7. The van der Waals surface area contributed by atoms with Gasteiger partial charge in [0.15, 0.2) is 0 Å². The van der Waals surface area contributed by atoms with Crippen LogP contribution in [0.15, 0.2) is 24.3 Å². The summed E-state index contributed by atoms with van der Waals surface area (Å²) in [5.41, 5.74) is 0.462. The minimum absolute atomic E-state index is 0.144. The SMILES string of the molecule is CC(C)COC(=O)c1ccc(O)cc1.OCC(O)CO.OCC(O)CO. The van der Waals surface area contributed by atoms with Crippen LogP contribution >= 0.6 is 0 Å². The summed E-state index contributed by atoms with van der Waals surface area (Å²) >= 11 is 0. The molecule has 1 rings (SSSR count). The number of aliphatic hydroxyl groups is 6. The van der Waals surface area contributed by atoms with Crippen LogP contribution in [0.1, 0.15) is 24.2 Å². The van der Waals surface area contributed by atoms with E-state index in [1.54, 1.807) is 0 Å².